The highest BCUT2D eigenvalue weighted by Crippen LogP contribution is 2.25. The number of nitrogens with zero attached hydrogens (tertiary/aromatic N) is 1. The molecule has 0 radical (unpaired) electrons. The van der Waals surface area contributed by atoms with Gasteiger partial charge in [-0.2, -0.15) is 0 Å². The number of hydrogen-bond acceptors (Lipinski definition) is 1. The quantitative estimate of drug-likeness (QED) is 0.815. The Balaban J connectivity index is 2.10. The van der Waals surface area contributed by atoms with Crippen LogP contribution in [0.1, 0.15) is 30.6 Å². The molecule has 18 heavy (non-hydrogen) atoms. The van der Waals surface area contributed by atoms with Gasteiger partial charge >= 0.3 is 0 Å². The third-order valence-electron chi connectivity index (χ3n) is 3.62. The normalized spacial score (nSPS) is 19.6. The fraction of sp³-hybridized carbons (Fsp3) is 0.500. The largest absolute Gasteiger partial charge is 0.338 e. The SMILES string of the molecule is CC(C)C1CCN(C(=O)c2ccc(Br)c(F)c2)C1. The van der Waals surface area contributed by atoms with Crippen molar-refractivity contribution in [2.45, 2.75) is 20.3 Å². The zero-order valence-corrected chi connectivity index (χ0v) is 12.2. The van der Waals surface area contributed by atoms with E-state index < -0.39 is 0 Å². The van der Waals surface area contributed by atoms with Crippen molar-refractivity contribution < 1.29 is 9.18 Å². The molecule has 98 valence electrons. The molecule has 0 saturated carbocycles. The summed E-state index contributed by atoms with van der Waals surface area (Å²) in [7, 11) is 0. The van der Waals surface area contributed by atoms with E-state index >= 15 is 0 Å². The molecule has 0 N–H and O–H groups in total. The number of amides is 1. The zero-order chi connectivity index (χ0) is 13.3. The summed E-state index contributed by atoms with van der Waals surface area (Å²) in [5.41, 5.74) is 0.431. The van der Waals surface area contributed by atoms with Gasteiger partial charge in [-0.05, 0) is 52.4 Å². The number of carbonyl (C=O) groups is 1. The number of benzene rings is 1. The van der Waals surface area contributed by atoms with Crippen molar-refractivity contribution in [1.29, 1.82) is 0 Å². The lowest BCUT2D eigenvalue weighted by molar-refractivity contribution is 0.0783. The molecule has 0 spiro atoms. The van der Waals surface area contributed by atoms with Crippen molar-refractivity contribution in [3.05, 3.63) is 34.1 Å². The second-order valence-electron chi connectivity index (χ2n) is 5.17. The van der Waals surface area contributed by atoms with Crippen molar-refractivity contribution in [1.82, 2.24) is 4.90 Å². The minimum Gasteiger partial charge on any atom is -0.338 e. The van der Waals surface area contributed by atoms with Gasteiger partial charge in [0, 0.05) is 18.7 Å². The second-order valence-corrected chi connectivity index (χ2v) is 6.03. The molecule has 1 fully saturated rings. The van der Waals surface area contributed by atoms with Crippen molar-refractivity contribution in [3.63, 3.8) is 0 Å². The Labute approximate surface area is 115 Å². The second kappa shape index (κ2) is 5.39. The van der Waals surface area contributed by atoms with Gasteiger partial charge in [-0.25, -0.2) is 4.39 Å². The van der Waals surface area contributed by atoms with E-state index in [-0.39, 0.29) is 11.7 Å². The summed E-state index contributed by atoms with van der Waals surface area (Å²) < 4.78 is 13.8. The van der Waals surface area contributed by atoms with Gasteiger partial charge in [0.1, 0.15) is 5.82 Å². The first-order valence-electron chi connectivity index (χ1n) is 6.23. The Bertz CT molecular complexity index is 461. The summed E-state index contributed by atoms with van der Waals surface area (Å²) in [5.74, 6) is 0.698. The number of likely N-dealkylation sites (tertiary alicyclic amines) is 1. The molecule has 1 heterocycles. The molecule has 2 nitrogen and oxygen atoms in total. The summed E-state index contributed by atoms with van der Waals surface area (Å²) in [6.45, 7) is 5.92. The van der Waals surface area contributed by atoms with Crippen LogP contribution >= 0.6 is 15.9 Å². The van der Waals surface area contributed by atoms with E-state index in [9.17, 15) is 9.18 Å². The van der Waals surface area contributed by atoms with Gasteiger partial charge in [0.05, 0.1) is 4.47 Å². The van der Waals surface area contributed by atoms with Crippen LogP contribution in [-0.4, -0.2) is 23.9 Å². The molecular formula is C14H17BrFNO. The van der Waals surface area contributed by atoms with Crippen molar-refractivity contribution in [2.75, 3.05) is 13.1 Å². The van der Waals surface area contributed by atoms with E-state index in [0.717, 1.165) is 19.5 Å². The molecule has 1 atom stereocenters. The molecule has 0 bridgehead atoms. The van der Waals surface area contributed by atoms with Crippen molar-refractivity contribution in [3.8, 4) is 0 Å². The van der Waals surface area contributed by atoms with Crippen LogP contribution in [0.3, 0.4) is 0 Å². The maximum Gasteiger partial charge on any atom is 0.253 e. The molecule has 1 amide bonds. The molecule has 1 unspecified atom stereocenters. The topological polar surface area (TPSA) is 20.3 Å². The molecule has 0 aliphatic carbocycles. The number of carbonyl (C=O) groups excluding carboxylic acids is 1. The molecular weight excluding hydrogens is 297 g/mol. The lowest BCUT2D eigenvalue weighted by Gasteiger charge is -2.18. The summed E-state index contributed by atoms with van der Waals surface area (Å²) >= 11 is 3.09. The molecule has 0 aromatic heterocycles. The van der Waals surface area contributed by atoms with Gasteiger partial charge < -0.3 is 4.90 Å². The predicted molar refractivity (Wildman–Crippen MR) is 72.9 cm³/mol. The van der Waals surface area contributed by atoms with E-state index in [1.807, 2.05) is 4.90 Å². The molecule has 2 rings (SSSR count). The maximum absolute atomic E-state index is 13.4. The van der Waals surface area contributed by atoms with Gasteiger partial charge in [-0.1, -0.05) is 13.8 Å². The molecule has 1 aliphatic heterocycles. The van der Waals surface area contributed by atoms with Crippen LogP contribution in [0.15, 0.2) is 22.7 Å². The van der Waals surface area contributed by atoms with Crippen molar-refractivity contribution >= 4 is 21.8 Å². The monoisotopic (exact) mass is 313 g/mol. The van der Waals surface area contributed by atoms with E-state index in [1.165, 1.54) is 6.07 Å². The Morgan fingerprint density at radius 1 is 1.50 bits per heavy atom. The summed E-state index contributed by atoms with van der Waals surface area (Å²) in [6.07, 6.45) is 1.04. The minimum absolute atomic E-state index is 0.0652. The van der Waals surface area contributed by atoms with Crippen LogP contribution in [0.5, 0.6) is 0 Å². The summed E-state index contributed by atoms with van der Waals surface area (Å²) in [4.78, 5) is 14.0. The smallest absolute Gasteiger partial charge is 0.253 e. The highest BCUT2D eigenvalue weighted by molar-refractivity contribution is 9.10. The first-order chi connectivity index (χ1) is 8.49. The molecule has 4 heteroatoms. The highest BCUT2D eigenvalue weighted by atomic mass is 79.9. The lowest BCUT2D eigenvalue weighted by Crippen LogP contribution is -2.29. The van der Waals surface area contributed by atoms with E-state index in [2.05, 4.69) is 29.8 Å². The van der Waals surface area contributed by atoms with Crippen LogP contribution in [-0.2, 0) is 0 Å². The first kappa shape index (κ1) is 13.5. The summed E-state index contributed by atoms with van der Waals surface area (Å²) in [5, 5.41) is 0. The fourth-order valence-corrected chi connectivity index (χ4v) is 2.57. The fourth-order valence-electron chi connectivity index (χ4n) is 2.33. The van der Waals surface area contributed by atoms with Crippen LogP contribution in [0.4, 0.5) is 4.39 Å². The molecule has 1 aliphatic rings. The van der Waals surface area contributed by atoms with Crippen LogP contribution in [0.25, 0.3) is 0 Å². The first-order valence-corrected chi connectivity index (χ1v) is 7.02. The van der Waals surface area contributed by atoms with Crippen LogP contribution in [0.2, 0.25) is 0 Å². The predicted octanol–water partition coefficient (Wildman–Crippen LogP) is 3.71. The van der Waals surface area contributed by atoms with E-state index in [4.69, 9.17) is 0 Å². The molecule has 1 saturated heterocycles. The third-order valence-corrected chi connectivity index (χ3v) is 4.26. The maximum atomic E-state index is 13.4. The van der Waals surface area contributed by atoms with Crippen molar-refractivity contribution in [2.24, 2.45) is 11.8 Å². The Hall–Kier alpha value is -0.900. The average Bonchev–Trinajstić information content (AvgIpc) is 2.81. The zero-order valence-electron chi connectivity index (χ0n) is 10.6. The number of rotatable bonds is 2. The molecule has 1 aromatic rings. The third kappa shape index (κ3) is 2.74. The standard InChI is InChI=1S/C14H17BrFNO/c1-9(2)11-5-6-17(8-11)14(18)10-3-4-12(15)13(16)7-10/h3-4,7,9,11H,5-6,8H2,1-2H3. The Morgan fingerprint density at radius 3 is 2.78 bits per heavy atom. The van der Waals surface area contributed by atoms with Crippen LogP contribution in [0, 0.1) is 17.7 Å². The van der Waals surface area contributed by atoms with Crippen LogP contribution < -0.4 is 0 Å². The molecule has 1 aromatic carbocycles. The summed E-state index contributed by atoms with van der Waals surface area (Å²) in [6, 6.07) is 4.55. The van der Waals surface area contributed by atoms with Gasteiger partial charge in [0.2, 0.25) is 0 Å². The Kier molecular flexibility index (Phi) is 4.05. The van der Waals surface area contributed by atoms with Gasteiger partial charge in [-0.15, -0.1) is 0 Å². The lowest BCUT2D eigenvalue weighted by atomic mass is 9.95. The number of halogens is 2. The Morgan fingerprint density at radius 2 is 2.22 bits per heavy atom. The number of hydrogen-bond donors (Lipinski definition) is 0. The van der Waals surface area contributed by atoms with Gasteiger partial charge in [0.25, 0.3) is 5.91 Å². The highest BCUT2D eigenvalue weighted by Gasteiger charge is 2.28. The average molecular weight is 314 g/mol. The van der Waals surface area contributed by atoms with E-state index in [0.29, 0.717) is 21.9 Å². The van der Waals surface area contributed by atoms with Gasteiger partial charge in [0.15, 0.2) is 0 Å². The van der Waals surface area contributed by atoms with E-state index in [1.54, 1.807) is 12.1 Å². The van der Waals surface area contributed by atoms with Gasteiger partial charge in [-0.3, -0.25) is 4.79 Å². The minimum atomic E-state index is -0.388.